The van der Waals surface area contributed by atoms with Gasteiger partial charge in [-0.15, -0.1) is 0 Å². The molecular formula is C18H14N2. The Labute approximate surface area is 117 Å². The molecule has 3 aromatic rings. The third kappa shape index (κ3) is 1.86. The predicted octanol–water partition coefficient (Wildman–Crippen LogP) is 4.20. The molecule has 0 bridgehead atoms. The highest BCUT2D eigenvalue weighted by Crippen LogP contribution is 2.28. The number of nitrogens with zero attached hydrogens (tertiary/aromatic N) is 1. The lowest BCUT2D eigenvalue weighted by Gasteiger charge is -2.18. The Bertz CT molecular complexity index is 818. The molecule has 1 aliphatic rings. The van der Waals surface area contributed by atoms with Gasteiger partial charge in [-0.25, -0.2) is 4.98 Å². The fourth-order valence-electron chi connectivity index (χ4n) is 2.62. The van der Waals surface area contributed by atoms with Gasteiger partial charge in [-0.1, -0.05) is 42.5 Å². The molecule has 2 heteroatoms. The van der Waals surface area contributed by atoms with E-state index in [1.54, 1.807) is 0 Å². The fraction of sp³-hybridized carbons (Fsp3) is 0.0556. The molecule has 0 atom stereocenters. The summed E-state index contributed by atoms with van der Waals surface area (Å²) < 4.78 is 0. The zero-order valence-corrected chi connectivity index (χ0v) is 11.0. The summed E-state index contributed by atoms with van der Waals surface area (Å²) in [7, 11) is 0. The van der Waals surface area contributed by atoms with E-state index in [9.17, 15) is 0 Å². The number of pyridine rings is 1. The van der Waals surface area contributed by atoms with Gasteiger partial charge in [0.25, 0.3) is 0 Å². The Balaban J connectivity index is 1.82. The van der Waals surface area contributed by atoms with Gasteiger partial charge in [0, 0.05) is 17.6 Å². The topological polar surface area (TPSA) is 24.9 Å². The van der Waals surface area contributed by atoms with Gasteiger partial charge in [0.15, 0.2) is 0 Å². The van der Waals surface area contributed by atoms with E-state index in [1.807, 2.05) is 12.1 Å². The first-order chi connectivity index (χ1) is 9.90. The molecule has 2 heterocycles. The van der Waals surface area contributed by atoms with Crippen LogP contribution in [0.4, 0.5) is 5.69 Å². The number of hydrogen-bond acceptors (Lipinski definition) is 2. The van der Waals surface area contributed by atoms with E-state index < -0.39 is 0 Å². The monoisotopic (exact) mass is 258 g/mol. The first-order valence-corrected chi connectivity index (χ1v) is 6.80. The maximum atomic E-state index is 4.76. The highest BCUT2D eigenvalue weighted by atomic mass is 14.9. The van der Waals surface area contributed by atoms with Crippen LogP contribution in [0.3, 0.4) is 0 Å². The van der Waals surface area contributed by atoms with Crippen LogP contribution in [0.5, 0.6) is 0 Å². The first kappa shape index (κ1) is 11.2. The van der Waals surface area contributed by atoms with Gasteiger partial charge in [-0.2, -0.15) is 0 Å². The average molecular weight is 258 g/mol. The molecule has 0 saturated carbocycles. The van der Waals surface area contributed by atoms with Crippen molar-refractivity contribution < 1.29 is 0 Å². The Hall–Kier alpha value is -2.61. The molecule has 2 nitrogen and oxygen atoms in total. The first-order valence-electron chi connectivity index (χ1n) is 6.80. The largest absolute Gasteiger partial charge is 0.380 e. The third-order valence-electron chi connectivity index (χ3n) is 3.69. The second-order valence-electron chi connectivity index (χ2n) is 5.00. The fourth-order valence-corrected chi connectivity index (χ4v) is 2.62. The maximum absolute atomic E-state index is 4.76. The number of benzene rings is 2. The van der Waals surface area contributed by atoms with Crippen LogP contribution in [-0.2, 0) is 0 Å². The second-order valence-corrected chi connectivity index (χ2v) is 5.00. The van der Waals surface area contributed by atoms with E-state index in [0.717, 1.165) is 17.8 Å². The van der Waals surface area contributed by atoms with Crippen molar-refractivity contribution in [3.05, 3.63) is 71.9 Å². The van der Waals surface area contributed by atoms with Crippen LogP contribution in [-0.4, -0.2) is 11.5 Å². The molecule has 0 saturated heterocycles. The zero-order chi connectivity index (χ0) is 13.4. The summed E-state index contributed by atoms with van der Waals surface area (Å²) in [6.07, 6.45) is 2.23. The summed E-state index contributed by atoms with van der Waals surface area (Å²) in [4.78, 5) is 4.76. The summed E-state index contributed by atoms with van der Waals surface area (Å²) in [6.45, 7) is 0.822. The molecule has 20 heavy (non-hydrogen) atoms. The molecule has 0 unspecified atom stereocenters. The number of para-hydroxylation sites is 2. The number of aromatic nitrogens is 1. The van der Waals surface area contributed by atoms with Gasteiger partial charge >= 0.3 is 0 Å². The van der Waals surface area contributed by atoms with E-state index in [4.69, 9.17) is 4.98 Å². The highest BCUT2D eigenvalue weighted by molar-refractivity contribution is 5.91. The van der Waals surface area contributed by atoms with Crippen molar-refractivity contribution in [3.8, 4) is 0 Å². The van der Waals surface area contributed by atoms with E-state index in [-0.39, 0.29) is 0 Å². The third-order valence-corrected chi connectivity index (χ3v) is 3.69. The summed E-state index contributed by atoms with van der Waals surface area (Å²) in [5.41, 5.74) is 5.74. The smallest absolute Gasteiger partial charge is 0.0709 e. The lowest BCUT2D eigenvalue weighted by molar-refractivity contribution is 1.26. The standard InChI is InChI=1S/C18H14N2/c1-4-8-17-13(5-1)9-10-18(20-17)15-11-14-6-2-3-7-16(14)19-12-15/h1-11,19H,12H2. The van der Waals surface area contributed by atoms with Gasteiger partial charge in [0.05, 0.1) is 11.2 Å². The van der Waals surface area contributed by atoms with Crippen LogP contribution < -0.4 is 5.32 Å². The maximum Gasteiger partial charge on any atom is 0.0709 e. The van der Waals surface area contributed by atoms with Crippen molar-refractivity contribution in [1.82, 2.24) is 4.98 Å². The quantitative estimate of drug-likeness (QED) is 0.707. The van der Waals surface area contributed by atoms with Gasteiger partial charge in [0.2, 0.25) is 0 Å². The molecule has 0 amide bonds. The van der Waals surface area contributed by atoms with E-state index in [2.05, 4.69) is 59.9 Å². The Kier molecular flexibility index (Phi) is 2.52. The van der Waals surface area contributed by atoms with Gasteiger partial charge in [-0.05, 0) is 35.4 Å². The Morgan fingerprint density at radius 3 is 2.70 bits per heavy atom. The van der Waals surface area contributed by atoms with Crippen molar-refractivity contribution in [2.75, 3.05) is 11.9 Å². The molecule has 96 valence electrons. The number of fused-ring (bicyclic) bond motifs is 2. The molecule has 4 rings (SSSR count). The van der Waals surface area contributed by atoms with Crippen molar-refractivity contribution >= 4 is 28.2 Å². The predicted molar refractivity (Wildman–Crippen MR) is 84.5 cm³/mol. The van der Waals surface area contributed by atoms with E-state index >= 15 is 0 Å². The van der Waals surface area contributed by atoms with Crippen LogP contribution in [0, 0.1) is 0 Å². The number of rotatable bonds is 1. The highest BCUT2D eigenvalue weighted by Gasteiger charge is 2.11. The zero-order valence-electron chi connectivity index (χ0n) is 11.0. The number of anilines is 1. The molecule has 0 radical (unpaired) electrons. The lowest BCUT2D eigenvalue weighted by Crippen LogP contribution is -2.10. The van der Waals surface area contributed by atoms with Crippen LogP contribution in [0.1, 0.15) is 11.3 Å². The minimum absolute atomic E-state index is 0.822. The second kappa shape index (κ2) is 4.49. The lowest BCUT2D eigenvalue weighted by atomic mass is 10.0. The number of hydrogen-bond donors (Lipinski definition) is 1. The van der Waals surface area contributed by atoms with Crippen molar-refractivity contribution in [3.63, 3.8) is 0 Å². The van der Waals surface area contributed by atoms with E-state index in [0.29, 0.717) is 0 Å². The van der Waals surface area contributed by atoms with Gasteiger partial charge in [-0.3, -0.25) is 0 Å². The molecular weight excluding hydrogens is 244 g/mol. The summed E-state index contributed by atoms with van der Waals surface area (Å²) in [5, 5.41) is 4.63. The molecule has 1 aromatic heterocycles. The molecule has 0 aliphatic carbocycles. The van der Waals surface area contributed by atoms with E-state index in [1.165, 1.54) is 22.2 Å². The normalized spacial score (nSPS) is 13.5. The van der Waals surface area contributed by atoms with Crippen LogP contribution in [0.15, 0.2) is 60.7 Å². The average Bonchev–Trinajstić information content (AvgIpc) is 2.54. The summed E-state index contributed by atoms with van der Waals surface area (Å²) in [6, 6.07) is 20.8. The van der Waals surface area contributed by atoms with Crippen molar-refractivity contribution in [2.24, 2.45) is 0 Å². The van der Waals surface area contributed by atoms with Crippen molar-refractivity contribution in [1.29, 1.82) is 0 Å². The number of nitrogens with one attached hydrogen (secondary N) is 1. The van der Waals surface area contributed by atoms with Crippen LogP contribution >= 0.6 is 0 Å². The SMILES string of the molecule is C1=C(c2ccc3ccccc3n2)CNc2ccccc21. The van der Waals surface area contributed by atoms with Crippen LogP contribution in [0.2, 0.25) is 0 Å². The Morgan fingerprint density at radius 2 is 1.70 bits per heavy atom. The molecule has 2 aromatic carbocycles. The minimum atomic E-state index is 0.822. The summed E-state index contributed by atoms with van der Waals surface area (Å²) >= 11 is 0. The van der Waals surface area contributed by atoms with Crippen LogP contribution in [0.25, 0.3) is 22.6 Å². The molecule has 0 fully saturated rings. The van der Waals surface area contributed by atoms with Crippen molar-refractivity contribution in [2.45, 2.75) is 0 Å². The van der Waals surface area contributed by atoms with Gasteiger partial charge < -0.3 is 5.32 Å². The summed E-state index contributed by atoms with van der Waals surface area (Å²) in [5.74, 6) is 0. The molecule has 1 N–H and O–H groups in total. The Morgan fingerprint density at radius 1 is 0.850 bits per heavy atom. The van der Waals surface area contributed by atoms with Gasteiger partial charge in [0.1, 0.15) is 0 Å². The minimum Gasteiger partial charge on any atom is -0.380 e. The molecule has 1 aliphatic heterocycles. The molecule has 0 spiro atoms.